The molecule has 10 heteroatoms. The molecule has 0 spiro atoms. The fourth-order valence-electron chi connectivity index (χ4n) is 3.22. The highest BCUT2D eigenvalue weighted by Crippen LogP contribution is 2.42. The van der Waals surface area contributed by atoms with Gasteiger partial charge in [-0.2, -0.15) is 13.2 Å². The van der Waals surface area contributed by atoms with Crippen LogP contribution < -0.4 is 5.32 Å². The van der Waals surface area contributed by atoms with Crippen molar-refractivity contribution in [3.8, 4) is 5.75 Å². The van der Waals surface area contributed by atoms with Crippen LogP contribution in [-0.2, 0) is 11.0 Å². The van der Waals surface area contributed by atoms with E-state index in [2.05, 4.69) is 5.32 Å². The zero-order valence-corrected chi connectivity index (χ0v) is 17.1. The number of amides is 1. The van der Waals surface area contributed by atoms with Gasteiger partial charge in [-0.1, -0.05) is 12.1 Å². The molecule has 31 heavy (non-hydrogen) atoms. The highest BCUT2D eigenvalue weighted by Gasteiger charge is 2.36. The summed E-state index contributed by atoms with van der Waals surface area (Å²) >= 11 is 0.935. The van der Waals surface area contributed by atoms with Gasteiger partial charge in [0.05, 0.1) is 21.7 Å². The van der Waals surface area contributed by atoms with Crippen molar-refractivity contribution < 1.29 is 37.4 Å². The van der Waals surface area contributed by atoms with E-state index in [1.165, 1.54) is 6.07 Å². The van der Waals surface area contributed by atoms with Crippen molar-refractivity contribution in [1.29, 1.82) is 0 Å². The normalized spacial score (nSPS) is 16.5. The van der Waals surface area contributed by atoms with Gasteiger partial charge in [0, 0.05) is 11.7 Å². The topological polar surface area (TPSA) is 86.6 Å². The first-order valence-corrected chi connectivity index (χ1v) is 9.97. The molecule has 3 N–H and O–H groups in total. The number of thioether (sulfide) groups is 1. The average Bonchev–Trinajstić information content (AvgIpc) is 3.09. The molecule has 3 rings (SSSR count). The molecule has 0 aromatic heterocycles. The number of rotatable bonds is 4. The second kappa shape index (κ2) is 8.26. The van der Waals surface area contributed by atoms with E-state index in [0.717, 1.165) is 17.8 Å². The van der Waals surface area contributed by atoms with Gasteiger partial charge in [0.15, 0.2) is 0 Å². The van der Waals surface area contributed by atoms with Gasteiger partial charge in [-0.25, -0.2) is 9.18 Å². The maximum Gasteiger partial charge on any atom is 0.416 e. The monoisotopic (exact) mass is 455 g/mol. The van der Waals surface area contributed by atoms with Crippen molar-refractivity contribution in [2.24, 2.45) is 0 Å². The Morgan fingerprint density at radius 1 is 1.16 bits per heavy atom. The molecule has 0 aliphatic carbocycles. The van der Waals surface area contributed by atoms with Gasteiger partial charge in [-0.3, -0.25) is 4.79 Å². The maximum atomic E-state index is 14.8. The van der Waals surface area contributed by atoms with E-state index in [4.69, 9.17) is 0 Å². The SMILES string of the molecule is Cc1ccc(C2CSC(NC(=O)c3cc(C(F)(F)F)ccc3O)=C2C(=O)O)c(F)c1C. The van der Waals surface area contributed by atoms with Crippen LogP contribution in [-0.4, -0.2) is 27.8 Å². The number of halogens is 4. The Balaban J connectivity index is 1.98. The van der Waals surface area contributed by atoms with E-state index in [0.29, 0.717) is 23.3 Å². The number of hydrogen-bond donors (Lipinski definition) is 3. The molecule has 0 bridgehead atoms. The standard InChI is InChI=1S/C21H17F4NO4S/c1-9-3-5-12(17(22)10(9)2)14-8-31-19(16(14)20(29)30)26-18(28)13-7-11(21(23,24)25)4-6-15(13)27/h3-7,14,27H,8H2,1-2H3,(H,26,28)(H,29,30). The van der Waals surface area contributed by atoms with Crippen LogP contribution in [0.25, 0.3) is 0 Å². The molecule has 0 saturated carbocycles. The molecule has 2 aromatic carbocycles. The molecule has 1 aliphatic rings. The summed E-state index contributed by atoms with van der Waals surface area (Å²) in [7, 11) is 0. The predicted octanol–water partition coefficient (Wildman–Crippen LogP) is 4.72. The van der Waals surface area contributed by atoms with E-state index in [1.807, 2.05) is 0 Å². The van der Waals surface area contributed by atoms with Crippen molar-refractivity contribution in [3.05, 3.63) is 74.6 Å². The highest BCUT2D eigenvalue weighted by molar-refractivity contribution is 8.03. The van der Waals surface area contributed by atoms with Crippen LogP contribution in [0.1, 0.15) is 38.5 Å². The number of hydrogen-bond acceptors (Lipinski definition) is 4. The number of nitrogens with one attached hydrogen (secondary N) is 1. The van der Waals surface area contributed by atoms with Crippen LogP contribution in [0.2, 0.25) is 0 Å². The van der Waals surface area contributed by atoms with E-state index in [1.54, 1.807) is 19.9 Å². The van der Waals surface area contributed by atoms with Gasteiger partial charge in [0.1, 0.15) is 11.6 Å². The van der Waals surface area contributed by atoms with E-state index in [9.17, 15) is 37.4 Å². The molecular weight excluding hydrogens is 438 g/mol. The Bertz CT molecular complexity index is 1110. The fourth-order valence-corrected chi connectivity index (χ4v) is 4.45. The van der Waals surface area contributed by atoms with Crippen molar-refractivity contribution in [1.82, 2.24) is 5.32 Å². The van der Waals surface area contributed by atoms with Crippen LogP contribution in [0.5, 0.6) is 5.75 Å². The number of alkyl halides is 3. The van der Waals surface area contributed by atoms with Crippen LogP contribution in [0.4, 0.5) is 17.6 Å². The molecule has 5 nitrogen and oxygen atoms in total. The summed E-state index contributed by atoms with van der Waals surface area (Å²) in [5, 5.41) is 21.7. The third-order valence-electron chi connectivity index (χ3n) is 5.08. The highest BCUT2D eigenvalue weighted by atomic mass is 32.2. The third-order valence-corrected chi connectivity index (χ3v) is 6.19. The van der Waals surface area contributed by atoms with Gasteiger partial charge >= 0.3 is 12.1 Å². The maximum absolute atomic E-state index is 14.8. The molecular formula is C21H17F4NO4S. The number of carbonyl (C=O) groups is 2. The minimum atomic E-state index is -4.73. The molecule has 1 amide bonds. The van der Waals surface area contributed by atoms with Gasteiger partial charge in [-0.15, -0.1) is 11.8 Å². The molecule has 164 valence electrons. The van der Waals surface area contributed by atoms with Crippen LogP contribution in [0.3, 0.4) is 0 Å². The Morgan fingerprint density at radius 3 is 2.45 bits per heavy atom. The number of aliphatic carboxylic acids is 1. The second-order valence-electron chi connectivity index (χ2n) is 7.01. The number of phenolic OH excluding ortho intramolecular Hbond substituents is 1. The number of carboxylic acid groups (broad SMARTS) is 1. The van der Waals surface area contributed by atoms with Gasteiger partial charge in [0.2, 0.25) is 0 Å². The summed E-state index contributed by atoms with van der Waals surface area (Å²) in [6.45, 7) is 3.28. The van der Waals surface area contributed by atoms with Gasteiger partial charge in [0.25, 0.3) is 5.91 Å². The van der Waals surface area contributed by atoms with Crippen LogP contribution in [0, 0.1) is 19.7 Å². The number of aryl methyl sites for hydroxylation is 1. The molecule has 1 atom stereocenters. The summed E-state index contributed by atoms with van der Waals surface area (Å²) in [5.74, 6) is -4.49. The molecule has 1 heterocycles. The average molecular weight is 455 g/mol. The zero-order chi connectivity index (χ0) is 23.1. The lowest BCUT2D eigenvalue weighted by Gasteiger charge is -2.15. The lowest BCUT2D eigenvalue weighted by atomic mass is 9.90. The number of aromatic hydroxyl groups is 1. The molecule has 0 radical (unpaired) electrons. The lowest BCUT2D eigenvalue weighted by Crippen LogP contribution is -2.24. The Hall–Kier alpha value is -3.01. The van der Waals surface area contributed by atoms with Crippen molar-refractivity contribution in [2.75, 3.05) is 5.75 Å². The molecule has 0 fully saturated rings. The van der Waals surface area contributed by atoms with Crippen LogP contribution >= 0.6 is 11.8 Å². The smallest absolute Gasteiger partial charge is 0.416 e. The summed E-state index contributed by atoms with van der Waals surface area (Å²) in [4.78, 5) is 24.4. The molecule has 1 unspecified atom stereocenters. The fraction of sp³-hybridized carbons (Fsp3) is 0.238. The first kappa shape index (κ1) is 22.7. The minimum Gasteiger partial charge on any atom is -0.507 e. The molecule has 2 aromatic rings. The summed E-state index contributed by atoms with van der Waals surface area (Å²) in [6, 6.07) is 4.98. The predicted molar refractivity (Wildman–Crippen MR) is 106 cm³/mol. The minimum absolute atomic E-state index is 0.114. The largest absolute Gasteiger partial charge is 0.507 e. The zero-order valence-electron chi connectivity index (χ0n) is 16.3. The van der Waals surface area contributed by atoms with E-state index in [-0.39, 0.29) is 21.9 Å². The number of carboxylic acids is 1. The van der Waals surface area contributed by atoms with Crippen molar-refractivity contribution in [2.45, 2.75) is 25.9 Å². The van der Waals surface area contributed by atoms with Gasteiger partial charge < -0.3 is 15.5 Å². The number of benzene rings is 2. The van der Waals surface area contributed by atoms with Gasteiger partial charge in [-0.05, 0) is 48.7 Å². The summed E-state index contributed by atoms with van der Waals surface area (Å²) in [5.41, 5.74) is -0.850. The quantitative estimate of drug-likeness (QED) is 0.581. The van der Waals surface area contributed by atoms with Crippen molar-refractivity contribution in [3.63, 3.8) is 0 Å². The van der Waals surface area contributed by atoms with Crippen LogP contribution in [0.15, 0.2) is 40.9 Å². The Labute approximate surface area is 178 Å². The first-order chi connectivity index (χ1) is 14.4. The Kier molecular flexibility index (Phi) is 6.04. The molecule has 1 aliphatic heterocycles. The lowest BCUT2D eigenvalue weighted by molar-refractivity contribution is -0.137. The van der Waals surface area contributed by atoms with E-state index < -0.39 is 46.7 Å². The van der Waals surface area contributed by atoms with Crippen molar-refractivity contribution >= 4 is 23.6 Å². The summed E-state index contributed by atoms with van der Waals surface area (Å²) in [6.07, 6.45) is -4.73. The molecule has 0 saturated heterocycles. The first-order valence-electron chi connectivity index (χ1n) is 8.99. The number of phenols is 1. The Morgan fingerprint density at radius 2 is 1.84 bits per heavy atom. The number of carbonyl (C=O) groups excluding carboxylic acids is 1. The third kappa shape index (κ3) is 4.39. The summed E-state index contributed by atoms with van der Waals surface area (Å²) < 4.78 is 53.6. The van der Waals surface area contributed by atoms with E-state index >= 15 is 0 Å². The second-order valence-corrected chi connectivity index (χ2v) is 8.04.